The van der Waals surface area contributed by atoms with Gasteiger partial charge in [0.2, 0.25) is 0 Å². The predicted molar refractivity (Wildman–Crippen MR) is 73.4 cm³/mol. The minimum atomic E-state index is -4.47. The van der Waals surface area contributed by atoms with Crippen molar-refractivity contribution in [1.82, 2.24) is 0 Å². The van der Waals surface area contributed by atoms with Crippen LogP contribution in [0.4, 0.5) is 13.2 Å². The smallest absolute Gasteiger partial charge is 0.192 e. The zero-order valence-corrected chi connectivity index (χ0v) is 12.0. The highest BCUT2D eigenvalue weighted by Gasteiger charge is 2.34. The van der Waals surface area contributed by atoms with Gasteiger partial charge in [-0.1, -0.05) is 19.8 Å². The Labute approximate surface area is 121 Å². The molecule has 1 saturated carbocycles. The molecule has 1 aliphatic carbocycles. The van der Waals surface area contributed by atoms with Gasteiger partial charge in [0.15, 0.2) is 0 Å². The third kappa shape index (κ3) is 3.69. The lowest BCUT2D eigenvalue weighted by atomic mass is 9.91. The molecule has 0 saturated heterocycles. The maximum absolute atomic E-state index is 12.9. The zero-order valence-electron chi connectivity index (χ0n) is 11.2. The van der Waals surface area contributed by atoms with Crippen LogP contribution in [0.5, 0.6) is 0 Å². The van der Waals surface area contributed by atoms with Crippen LogP contribution in [0.25, 0.3) is 0 Å². The van der Waals surface area contributed by atoms with E-state index in [0.717, 1.165) is 25.3 Å². The first kappa shape index (κ1) is 15.2. The molecular weight excluding hydrogens is 283 g/mol. The summed E-state index contributed by atoms with van der Waals surface area (Å²) in [5, 5.41) is 9.15. The molecule has 0 N–H and O–H groups in total. The van der Waals surface area contributed by atoms with Crippen LogP contribution in [-0.2, 0) is 6.18 Å². The summed E-state index contributed by atoms with van der Waals surface area (Å²) in [5.41, 5.74) is -1.13. The molecule has 1 aromatic carbocycles. The maximum Gasteiger partial charge on any atom is 0.417 e. The van der Waals surface area contributed by atoms with Crippen LogP contribution in [0.15, 0.2) is 23.1 Å². The number of thioether (sulfide) groups is 1. The van der Waals surface area contributed by atoms with E-state index in [9.17, 15) is 13.2 Å². The molecule has 0 heterocycles. The molecular formula is C15H16F3NS. The summed E-state index contributed by atoms with van der Waals surface area (Å²) in [7, 11) is 0. The number of halogens is 3. The van der Waals surface area contributed by atoms with Gasteiger partial charge in [0.1, 0.15) is 0 Å². The zero-order chi connectivity index (χ0) is 14.8. The Kier molecular flexibility index (Phi) is 4.64. The van der Waals surface area contributed by atoms with Crippen molar-refractivity contribution in [3.63, 3.8) is 0 Å². The Morgan fingerprint density at radius 3 is 2.65 bits per heavy atom. The van der Waals surface area contributed by atoms with Crippen LogP contribution in [0, 0.1) is 17.2 Å². The molecule has 0 amide bonds. The second-order valence-corrected chi connectivity index (χ2v) is 6.70. The summed E-state index contributed by atoms with van der Waals surface area (Å²) in [5.74, 6) is 0.640. The van der Waals surface area contributed by atoms with E-state index in [2.05, 4.69) is 6.92 Å². The second kappa shape index (κ2) is 6.09. The van der Waals surface area contributed by atoms with Gasteiger partial charge < -0.3 is 0 Å². The van der Waals surface area contributed by atoms with Crippen molar-refractivity contribution in [1.29, 1.82) is 5.26 Å². The Bertz CT molecular complexity index is 519. The number of hydrogen-bond acceptors (Lipinski definition) is 2. The Morgan fingerprint density at radius 2 is 2.05 bits per heavy atom. The van der Waals surface area contributed by atoms with E-state index in [1.807, 2.05) is 0 Å². The molecule has 1 fully saturated rings. The van der Waals surface area contributed by atoms with Gasteiger partial charge in [-0.05, 0) is 37.0 Å². The average Bonchev–Trinajstić information content (AvgIpc) is 2.37. The second-order valence-electron chi connectivity index (χ2n) is 5.33. The van der Waals surface area contributed by atoms with E-state index < -0.39 is 11.7 Å². The lowest BCUT2D eigenvalue weighted by molar-refractivity contribution is -0.137. The van der Waals surface area contributed by atoms with Gasteiger partial charge in [0.25, 0.3) is 0 Å². The van der Waals surface area contributed by atoms with Gasteiger partial charge in [-0.15, -0.1) is 11.8 Å². The molecule has 0 spiro atoms. The van der Waals surface area contributed by atoms with Crippen LogP contribution >= 0.6 is 11.8 Å². The minimum Gasteiger partial charge on any atom is -0.192 e. The summed E-state index contributed by atoms with van der Waals surface area (Å²) in [4.78, 5) is 0.607. The molecule has 1 aromatic rings. The van der Waals surface area contributed by atoms with Crippen molar-refractivity contribution in [2.75, 3.05) is 0 Å². The Hall–Kier alpha value is -1.15. The SMILES string of the molecule is CC1CCCC(Sc2ccc(C#N)c(C(F)(F)F)c2)C1. The van der Waals surface area contributed by atoms with Crippen molar-refractivity contribution in [3.8, 4) is 6.07 Å². The van der Waals surface area contributed by atoms with Crippen LogP contribution in [0.3, 0.4) is 0 Å². The molecule has 2 atom stereocenters. The standard InChI is InChI=1S/C15H16F3NS/c1-10-3-2-4-12(7-10)20-13-6-5-11(9-19)14(8-13)15(16,17)18/h5-6,8,10,12H,2-4,7H2,1H3. The minimum absolute atomic E-state index is 0.307. The Balaban J connectivity index is 2.19. The molecule has 108 valence electrons. The number of rotatable bonds is 2. The fourth-order valence-electron chi connectivity index (χ4n) is 2.61. The molecule has 0 aliphatic heterocycles. The molecule has 5 heteroatoms. The number of benzene rings is 1. The third-order valence-electron chi connectivity index (χ3n) is 3.61. The first-order valence-corrected chi connectivity index (χ1v) is 7.56. The summed E-state index contributed by atoms with van der Waals surface area (Å²) in [6.45, 7) is 2.19. The highest BCUT2D eigenvalue weighted by molar-refractivity contribution is 8.00. The lowest BCUT2D eigenvalue weighted by Crippen LogP contribution is -2.15. The van der Waals surface area contributed by atoms with E-state index in [1.54, 1.807) is 12.1 Å². The van der Waals surface area contributed by atoms with Gasteiger partial charge >= 0.3 is 6.18 Å². The molecule has 1 nitrogen and oxygen atoms in total. The topological polar surface area (TPSA) is 23.8 Å². The van der Waals surface area contributed by atoms with Crippen LogP contribution in [-0.4, -0.2) is 5.25 Å². The van der Waals surface area contributed by atoms with Crippen molar-refractivity contribution in [2.24, 2.45) is 5.92 Å². The van der Waals surface area contributed by atoms with Gasteiger partial charge in [-0.3, -0.25) is 0 Å². The number of alkyl halides is 3. The maximum atomic E-state index is 12.9. The van der Waals surface area contributed by atoms with E-state index in [0.29, 0.717) is 16.1 Å². The molecule has 20 heavy (non-hydrogen) atoms. The van der Waals surface area contributed by atoms with Crippen molar-refractivity contribution >= 4 is 11.8 Å². The average molecular weight is 299 g/mol. The first-order valence-electron chi connectivity index (χ1n) is 6.68. The number of nitriles is 1. The van der Waals surface area contributed by atoms with Gasteiger partial charge in [0.05, 0.1) is 17.2 Å². The van der Waals surface area contributed by atoms with Gasteiger partial charge in [-0.25, -0.2) is 0 Å². The van der Waals surface area contributed by atoms with E-state index in [4.69, 9.17) is 5.26 Å². The van der Waals surface area contributed by atoms with E-state index in [1.165, 1.54) is 24.2 Å². The fraction of sp³-hybridized carbons (Fsp3) is 0.533. The molecule has 0 bridgehead atoms. The Morgan fingerprint density at radius 1 is 1.30 bits per heavy atom. The summed E-state index contributed by atoms with van der Waals surface area (Å²) < 4.78 is 38.7. The quantitative estimate of drug-likeness (QED) is 0.745. The third-order valence-corrected chi connectivity index (χ3v) is 4.90. The van der Waals surface area contributed by atoms with Crippen LogP contribution in [0.1, 0.15) is 43.7 Å². The molecule has 2 rings (SSSR count). The first-order chi connectivity index (χ1) is 9.40. The van der Waals surface area contributed by atoms with E-state index in [-0.39, 0.29) is 5.56 Å². The summed E-state index contributed by atoms with van der Waals surface area (Å²) >= 11 is 1.51. The van der Waals surface area contributed by atoms with Gasteiger partial charge in [-0.2, -0.15) is 18.4 Å². The summed E-state index contributed by atoms with van der Waals surface area (Å²) in [6.07, 6.45) is -0.0245. The van der Waals surface area contributed by atoms with Crippen molar-refractivity contribution in [2.45, 2.75) is 48.9 Å². The van der Waals surface area contributed by atoms with Gasteiger partial charge in [0, 0.05) is 10.1 Å². The van der Waals surface area contributed by atoms with Crippen LogP contribution < -0.4 is 0 Å². The van der Waals surface area contributed by atoms with E-state index >= 15 is 0 Å². The normalized spacial score (nSPS) is 23.4. The summed E-state index contributed by atoms with van der Waals surface area (Å²) in [6, 6.07) is 5.62. The highest BCUT2D eigenvalue weighted by atomic mass is 32.2. The van der Waals surface area contributed by atoms with Crippen molar-refractivity contribution in [3.05, 3.63) is 29.3 Å². The molecule has 0 radical (unpaired) electrons. The number of hydrogen-bond donors (Lipinski definition) is 0. The van der Waals surface area contributed by atoms with Crippen LogP contribution in [0.2, 0.25) is 0 Å². The van der Waals surface area contributed by atoms with Crippen molar-refractivity contribution < 1.29 is 13.2 Å². The molecule has 0 aromatic heterocycles. The molecule has 1 aliphatic rings. The highest BCUT2D eigenvalue weighted by Crippen LogP contribution is 2.39. The molecule has 2 unspecified atom stereocenters. The lowest BCUT2D eigenvalue weighted by Gasteiger charge is -2.26. The largest absolute Gasteiger partial charge is 0.417 e. The predicted octanol–water partition coefficient (Wildman–Crippen LogP) is 5.25. The monoisotopic (exact) mass is 299 g/mol. The number of nitrogens with zero attached hydrogens (tertiary/aromatic N) is 1. The fourth-order valence-corrected chi connectivity index (χ4v) is 4.03.